The highest BCUT2D eigenvalue weighted by molar-refractivity contribution is 14.0. The lowest BCUT2D eigenvalue weighted by molar-refractivity contribution is 0.217. The number of nitrogens with one attached hydrogen (secondary N) is 2. The first-order valence-corrected chi connectivity index (χ1v) is 10.2. The molecule has 0 aromatic heterocycles. The van der Waals surface area contributed by atoms with E-state index in [2.05, 4.69) is 36.0 Å². The van der Waals surface area contributed by atoms with Crippen molar-refractivity contribution in [2.45, 2.75) is 45.8 Å². The van der Waals surface area contributed by atoms with Crippen molar-refractivity contribution in [2.24, 2.45) is 4.99 Å². The third-order valence-electron chi connectivity index (χ3n) is 4.67. The lowest BCUT2D eigenvalue weighted by atomic mass is 10.0. The first-order chi connectivity index (χ1) is 13.5. The molecule has 1 fully saturated rings. The molecule has 2 rings (SSSR count). The predicted octanol–water partition coefficient (Wildman–Crippen LogP) is 3.68. The Labute approximate surface area is 193 Å². The monoisotopic (exact) mass is 516 g/mol. The van der Waals surface area contributed by atoms with Crippen LogP contribution in [-0.4, -0.2) is 62.8 Å². The Morgan fingerprint density at radius 2 is 1.93 bits per heavy atom. The van der Waals surface area contributed by atoms with E-state index in [1.165, 1.54) is 5.57 Å². The summed E-state index contributed by atoms with van der Waals surface area (Å²) in [6.07, 6.45) is 2.18. The summed E-state index contributed by atoms with van der Waals surface area (Å²) < 4.78 is 11.4. The molecule has 6 nitrogen and oxygen atoms in total. The molecule has 1 saturated heterocycles. The number of ether oxygens (including phenoxy) is 2. The van der Waals surface area contributed by atoms with Crippen LogP contribution in [0.2, 0.25) is 0 Å². The maximum absolute atomic E-state index is 6.00. The summed E-state index contributed by atoms with van der Waals surface area (Å²) in [5, 5.41) is 6.93. The number of hydrogen-bond donors (Lipinski definition) is 2. The van der Waals surface area contributed by atoms with Gasteiger partial charge in [-0.15, -0.1) is 24.0 Å². The van der Waals surface area contributed by atoms with Gasteiger partial charge in [-0.25, -0.2) is 4.99 Å². The van der Waals surface area contributed by atoms with Gasteiger partial charge in [0, 0.05) is 32.2 Å². The van der Waals surface area contributed by atoms with Gasteiger partial charge in [-0.3, -0.25) is 4.90 Å². The number of piperidine rings is 1. The Kier molecular flexibility index (Phi) is 12.1. The molecular weight excluding hydrogens is 479 g/mol. The molecule has 1 aromatic carbocycles. The van der Waals surface area contributed by atoms with Crippen molar-refractivity contribution in [1.29, 1.82) is 0 Å². The first-order valence-electron chi connectivity index (χ1n) is 10.2. The van der Waals surface area contributed by atoms with Crippen molar-refractivity contribution in [3.63, 3.8) is 0 Å². The predicted molar refractivity (Wildman–Crippen MR) is 132 cm³/mol. The standard InChI is InChI=1S/C22H36N4O2.HI/c1-6-23-22(25-19-11-13-26(14-12-19)16-17(2)3)24-15-18(4)28-21-10-8-7-9-20(21)27-5;/h7-10,18-19H,2,6,11-16H2,1,3-5H3,(H2,23,24,25);1H. The average molecular weight is 516 g/mol. The zero-order valence-electron chi connectivity index (χ0n) is 18.2. The molecule has 164 valence electrons. The zero-order valence-corrected chi connectivity index (χ0v) is 20.6. The molecule has 0 saturated carbocycles. The van der Waals surface area contributed by atoms with Gasteiger partial charge in [0.25, 0.3) is 0 Å². The smallest absolute Gasteiger partial charge is 0.191 e. The van der Waals surface area contributed by atoms with Crippen molar-refractivity contribution < 1.29 is 9.47 Å². The van der Waals surface area contributed by atoms with Crippen molar-refractivity contribution in [1.82, 2.24) is 15.5 Å². The number of likely N-dealkylation sites (tertiary alicyclic amines) is 1. The number of hydrogen-bond acceptors (Lipinski definition) is 4. The molecule has 1 aliphatic rings. The minimum Gasteiger partial charge on any atom is -0.493 e. The van der Waals surface area contributed by atoms with Crippen LogP contribution in [0.3, 0.4) is 0 Å². The fourth-order valence-electron chi connectivity index (χ4n) is 3.32. The summed E-state index contributed by atoms with van der Waals surface area (Å²) in [6, 6.07) is 8.14. The SMILES string of the molecule is C=C(C)CN1CCC(NC(=NCC(C)Oc2ccccc2OC)NCC)CC1.I. The fraction of sp³-hybridized carbons (Fsp3) is 0.591. The summed E-state index contributed by atoms with van der Waals surface area (Å²) in [4.78, 5) is 7.19. The van der Waals surface area contributed by atoms with E-state index >= 15 is 0 Å². The second-order valence-electron chi connectivity index (χ2n) is 7.45. The molecule has 1 aliphatic heterocycles. The lowest BCUT2D eigenvalue weighted by Crippen LogP contribution is -2.49. The number of methoxy groups -OCH3 is 1. The van der Waals surface area contributed by atoms with Crippen LogP contribution in [0.25, 0.3) is 0 Å². The normalized spacial score (nSPS) is 16.5. The number of halogens is 1. The van der Waals surface area contributed by atoms with Crippen molar-refractivity contribution in [3.8, 4) is 11.5 Å². The van der Waals surface area contributed by atoms with E-state index < -0.39 is 0 Å². The molecule has 0 radical (unpaired) electrons. The molecule has 2 N–H and O–H groups in total. The van der Waals surface area contributed by atoms with Crippen molar-refractivity contribution in [2.75, 3.05) is 39.8 Å². The van der Waals surface area contributed by atoms with Crippen LogP contribution >= 0.6 is 24.0 Å². The average Bonchev–Trinajstić information content (AvgIpc) is 2.68. The zero-order chi connectivity index (χ0) is 20.4. The molecule has 1 unspecified atom stereocenters. The van der Waals surface area contributed by atoms with Gasteiger partial charge in [0.2, 0.25) is 0 Å². The maximum atomic E-state index is 6.00. The van der Waals surface area contributed by atoms with Gasteiger partial charge in [0.15, 0.2) is 17.5 Å². The Morgan fingerprint density at radius 3 is 2.52 bits per heavy atom. The number of benzene rings is 1. The van der Waals surface area contributed by atoms with Crippen LogP contribution in [0.1, 0.15) is 33.6 Å². The third kappa shape index (κ3) is 9.25. The second kappa shape index (κ2) is 13.7. The van der Waals surface area contributed by atoms with E-state index in [-0.39, 0.29) is 30.1 Å². The van der Waals surface area contributed by atoms with Crippen LogP contribution in [-0.2, 0) is 0 Å². The Balaban J connectivity index is 0.00000420. The van der Waals surface area contributed by atoms with Crippen LogP contribution in [0.5, 0.6) is 11.5 Å². The minimum absolute atomic E-state index is 0. The molecule has 1 aromatic rings. The fourth-order valence-corrected chi connectivity index (χ4v) is 3.32. The molecule has 1 heterocycles. The van der Waals surface area contributed by atoms with E-state index in [4.69, 9.17) is 14.5 Å². The summed E-state index contributed by atoms with van der Waals surface area (Å²) in [5.41, 5.74) is 1.23. The quantitative estimate of drug-likeness (QED) is 0.227. The minimum atomic E-state index is -0.0517. The largest absolute Gasteiger partial charge is 0.493 e. The van der Waals surface area contributed by atoms with Gasteiger partial charge in [-0.2, -0.15) is 0 Å². The molecular formula is C22H37IN4O2. The molecule has 0 amide bonds. The molecule has 7 heteroatoms. The van der Waals surface area contributed by atoms with Gasteiger partial charge in [0.05, 0.1) is 13.7 Å². The number of nitrogens with zero attached hydrogens (tertiary/aromatic N) is 2. The highest BCUT2D eigenvalue weighted by atomic mass is 127. The van der Waals surface area contributed by atoms with E-state index in [1.54, 1.807) is 7.11 Å². The van der Waals surface area contributed by atoms with E-state index in [9.17, 15) is 0 Å². The van der Waals surface area contributed by atoms with Crippen molar-refractivity contribution >= 4 is 29.9 Å². The highest BCUT2D eigenvalue weighted by Crippen LogP contribution is 2.26. The molecule has 1 atom stereocenters. The van der Waals surface area contributed by atoms with E-state index in [1.807, 2.05) is 31.2 Å². The second-order valence-corrected chi connectivity index (χ2v) is 7.45. The van der Waals surface area contributed by atoms with Crippen LogP contribution in [0.4, 0.5) is 0 Å². The first kappa shape index (κ1) is 25.6. The van der Waals surface area contributed by atoms with Crippen molar-refractivity contribution in [3.05, 3.63) is 36.4 Å². The summed E-state index contributed by atoms with van der Waals surface area (Å²) >= 11 is 0. The van der Waals surface area contributed by atoms with Crippen LogP contribution < -0.4 is 20.1 Å². The van der Waals surface area contributed by atoms with E-state index in [0.717, 1.165) is 56.5 Å². The van der Waals surface area contributed by atoms with E-state index in [0.29, 0.717) is 12.6 Å². The van der Waals surface area contributed by atoms with Gasteiger partial charge in [-0.05, 0) is 45.7 Å². The molecule has 0 bridgehead atoms. The lowest BCUT2D eigenvalue weighted by Gasteiger charge is -2.33. The van der Waals surface area contributed by atoms with Gasteiger partial charge in [0.1, 0.15) is 6.10 Å². The van der Waals surface area contributed by atoms with Gasteiger partial charge < -0.3 is 20.1 Å². The summed E-state index contributed by atoms with van der Waals surface area (Å²) in [5.74, 6) is 2.34. The maximum Gasteiger partial charge on any atom is 0.191 e. The summed E-state index contributed by atoms with van der Waals surface area (Å²) in [7, 11) is 1.65. The Hall–Kier alpha value is -1.48. The number of para-hydroxylation sites is 2. The summed E-state index contributed by atoms with van der Waals surface area (Å²) in [6.45, 7) is 14.8. The van der Waals surface area contributed by atoms with Crippen LogP contribution in [0.15, 0.2) is 41.4 Å². The molecule has 29 heavy (non-hydrogen) atoms. The third-order valence-corrected chi connectivity index (χ3v) is 4.67. The Bertz CT molecular complexity index is 645. The number of aliphatic imine (C=N–C) groups is 1. The van der Waals surface area contributed by atoms with Crippen LogP contribution in [0, 0.1) is 0 Å². The highest BCUT2D eigenvalue weighted by Gasteiger charge is 2.20. The molecule has 0 aliphatic carbocycles. The molecule has 0 spiro atoms. The van der Waals surface area contributed by atoms with Gasteiger partial charge in [-0.1, -0.05) is 24.3 Å². The van der Waals surface area contributed by atoms with Gasteiger partial charge >= 0.3 is 0 Å². The topological polar surface area (TPSA) is 58.1 Å². The Morgan fingerprint density at radius 1 is 1.28 bits per heavy atom. The number of guanidine groups is 1. The number of rotatable bonds is 9.